The summed E-state index contributed by atoms with van der Waals surface area (Å²) < 4.78 is 0. The number of nitrogens with two attached hydrogens (primary N) is 1. The Kier molecular flexibility index (Phi) is 4.40. The van der Waals surface area contributed by atoms with Crippen LogP contribution in [0.2, 0.25) is 0 Å². The van der Waals surface area contributed by atoms with Crippen molar-refractivity contribution in [2.75, 3.05) is 11.1 Å². The van der Waals surface area contributed by atoms with Crippen molar-refractivity contribution in [3.05, 3.63) is 18.3 Å². The number of nitrogens with zero attached hydrogens (tertiary/aromatic N) is 1. The van der Waals surface area contributed by atoms with Crippen LogP contribution in [-0.2, 0) is 0 Å². The molecule has 1 rings (SSSR count). The second-order valence-electron chi connectivity index (χ2n) is 4.27. The molecule has 2 unspecified atom stereocenters. The largest absolute Gasteiger partial charge is 0.397 e. The van der Waals surface area contributed by atoms with Gasteiger partial charge in [-0.2, -0.15) is 0 Å². The zero-order valence-electron chi connectivity index (χ0n) is 9.83. The van der Waals surface area contributed by atoms with Crippen molar-refractivity contribution in [2.45, 2.75) is 39.7 Å². The second kappa shape index (κ2) is 5.59. The van der Waals surface area contributed by atoms with Gasteiger partial charge in [-0.05, 0) is 31.4 Å². The van der Waals surface area contributed by atoms with Gasteiger partial charge >= 0.3 is 0 Å². The van der Waals surface area contributed by atoms with Gasteiger partial charge in [0.15, 0.2) is 0 Å². The van der Waals surface area contributed by atoms with Gasteiger partial charge in [-0.1, -0.05) is 20.3 Å². The maximum atomic E-state index is 5.57. The molecule has 0 aromatic carbocycles. The molecule has 15 heavy (non-hydrogen) atoms. The van der Waals surface area contributed by atoms with Crippen molar-refractivity contribution >= 4 is 11.5 Å². The lowest BCUT2D eigenvalue weighted by Crippen LogP contribution is -2.18. The summed E-state index contributed by atoms with van der Waals surface area (Å²) in [6, 6.07) is 4.24. The zero-order chi connectivity index (χ0) is 11.3. The van der Waals surface area contributed by atoms with E-state index in [0.29, 0.717) is 11.7 Å². The minimum absolute atomic E-state index is 0.455. The van der Waals surface area contributed by atoms with Gasteiger partial charge in [0.05, 0.1) is 11.9 Å². The fourth-order valence-corrected chi connectivity index (χ4v) is 1.57. The van der Waals surface area contributed by atoms with Crippen LogP contribution in [0.3, 0.4) is 0 Å². The minimum Gasteiger partial charge on any atom is -0.397 e. The highest BCUT2D eigenvalue weighted by molar-refractivity contribution is 5.44. The molecule has 0 spiro atoms. The number of nitrogens with one attached hydrogen (secondary N) is 1. The van der Waals surface area contributed by atoms with Crippen molar-refractivity contribution < 1.29 is 0 Å². The predicted octanol–water partition coefficient (Wildman–Crippen LogP) is 2.90. The van der Waals surface area contributed by atoms with Crippen LogP contribution in [0.4, 0.5) is 11.5 Å². The van der Waals surface area contributed by atoms with E-state index in [1.165, 1.54) is 12.8 Å². The average Bonchev–Trinajstić information content (AvgIpc) is 2.21. The number of pyridine rings is 1. The van der Waals surface area contributed by atoms with E-state index in [2.05, 4.69) is 31.1 Å². The summed E-state index contributed by atoms with van der Waals surface area (Å²) in [5.41, 5.74) is 6.27. The second-order valence-corrected chi connectivity index (χ2v) is 4.27. The van der Waals surface area contributed by atoms with Crippen LogP contribution in [0, 0.1) is 5.92 Å². The standard InChI is InChI=1S/C12H21N3/c1-4-9(2)7-10(3)15-12-6-5-11(13)8-14-12/h5-6,8-10H,4,7,13H2,1-3H3,(H,14,15). The summed E-state index contributed by atoms with van der Waals surface area (Å²) in [5.74, 6) is 1.65. The molecule has 0 amide bonds. The van der Waals surface area contributed by atoms with Crippen LogP contribution < -0.4 is 11.1 Å². The Labute approximate surface area is 92.1 Å². The zero-order valence-corrected chi connectivity index (χ0v) is 9.83. The molecule has 0 bridgehead atoms. The molecule has 1 aromatic heterocycles. The first kappa shape index (κ1) is 11.8. The minimum atomic E-state index is 0.455. The highest BCUT2D eigenvalue weighted by Gasteiger charge is 2.07. The van der Waals surface area contributed by atoms with Crippen molar-refractivity contribution in [1.29, 1.82) is 0 Å². The van der Waals surface area contributed by atoms with E-state index in [4.69, 9.17) is 5.73 Å². The number of anilines is 2. The molecule has 0 saturated carbocycles. The SMILES string of the molecule is CCC(C)CC(C)Nc1ccc(N)cn1. The van der Waals surface area contributed by atoms with Crippen LogP contribution >= 0.6 is 0 Å². The molecular weight excluding hydrogens is 186 g/mol. The molecular formula is C12H21N3. The highest BCUT2D eigenvalue weighted by Crippen LogP contribution is 2.14. The first-order valence-electron chi connectivity index (χ1n) is 5.60. The molecule has 3 N–H and O–H groups in total. The molecule has 0 aliphatic carbocycles. The Balaban J connectivity index is 2.44. The molecule has 0 saturated heterocycles. The lowest BCUT2D eigenvalue weighted by atomic mass is 10.0. The van der Waals surface area contributed by atoms with Gasteiger partial charge in [0.25, 0.3) is 0 Å². The molecule has 1 heterocycles. The number of rotatable bonds is 5. The third-order valence-corrected chi connectivity index (χ3v) is 2.63. The number of hydrogen-bond acceptors (Lipinski definition) is 3. The monoisotopic (exact) mass is 207 g/mol. The molecule has 3 heteroatoms. The topological polar surface area (TPSA) is 50.9 Å². The van der Waals surface area contributed by atoms with Gasteiger partial charge in [0, 0.05) is 6.04 Å². The van der Waals surface area contributed by atoms with E-state index in [0.717, 1.165) is 11.7 Å². The van der Waals surface area contributed by atoms with Gasteiger partial charge in [0.1, 0.15) is 5.82 Å². The van der Waals surface area contributed by atoms with Crippen molar-refractivity contribution in [3.8, 4) is 0 Å². The predicted molar refractivity (Wildman–Crippen MR) is 65.8 cm³/mol. The molecule has 0 fully saturated rings. The summed E-state index contributed by atoms with van der Waals surface area (Å²) in [6.07, 6.45) is 4.07. The fourth-order valence-electron chi connectivity index (χ4n) is 1.57. The van der Waals surface area contributed by atoms with E-state index >= 15 is 0 Å². The quantitative estimate of drug-likeness (QED) is 0.780. The smallest absolute Gasteiger partial charge is 0.126 e. The Morgan fingerprint density at radius 3 is 2.67 bits per heavy atom. The maximum Gasteiger partial charge on any atom is 0.126 e. The summed E-state index contributed by atoms with van der Waals surface area (Å²) in [5, 5.41) is 3.37. The molecule has 0 radical (unpaired) electrons. The maximum absolute atomic E-state index is 5.57. The fraction of sp³-hybridized carbons (Fsp3) is 0.583. The van der Waals surface area contributed by atoms with Crippen LogP contribution in [0.1, 0.15) is 33.6 Å². The molecule has 2 atom stereocenters. The van der Waals surface area contributed by atoms with E-state index in [-0.39, 0.29) is 0 Å². The van der Waals surface area contributed by atoms with Crippen LogP contribution in [0.15, 0.2) is 18.3 Å². The first-order valence-corrected chi connectivity index (χ1v) is 5.60. The van der Waals surface area contributed by atoms with Crippen molar-refractivity contribution in [1.82, 2.24) is 4.98 Å². The van der Waals surface area contributed by atoms with Gasteiger partial charge < -0.3 is 11.1 Å². The lowest BCUT2D eigenvalue weighted by Gasteiger charge is -2.17. The van der Waals surface area contributed by atoms with Crippen LogP contribution in [0.5, 0.6) is 0 Å². The summed E-state index contributed by atoms with van der Waals surface area (Å²) in [4.78, 5) is 4.22. The summed E-state index contributed by atoms with van der Waals surface area (Å²) in [7, 11) is 0. The highest BCUT2D eigenvalue weighted by atomic mass is 15.0. The van der Waals surface area contributed by atoms with E-state index in [1.54, 1.807) is 6.20 Å². The van der Waals surface area contributed by atoms with Gasteiger partial charge in [-0.15, -0.1) is 0 Å². The Morgan fingerprint density at radius 1 is 1.40 bits per heavy atom. The summed E-state index contributed by atoms with van der Waals surface area (Å²) in [6.45, 7) is 6.68. The Bertz CT molecular complexity index is 281. The van der Waals surface area contributed by atoms with Gasteiger partial charge in [-0.25, -0.2) is 4.98 Å². The van der Waals surface area contributed by atoms with Crippen LogP contribution in [0.25, 0.3) is 0 Å². The molecule has 0 aliphatic heterocycles. The number of nitrogen functional groups attached to an aromatic ring is 1. The normalized spacial score (nSPS) is 14.6. The third-order valence-electron chi connectivity index (χ3n) is 2.63. The van der Waals surface area contributed by atoms with E-state index in [9.17, 15) is 0 Å². The average molecular weight is 207 g/mol. The Hall–Kier alpha value is -1.25. The van der Waals surface area contributed by atoms with Crippen LogP contribution in [-0.4, -0.2) is 11.0 Å². The number of hydrogen-bond donors (Lipinski definition) is 2. The van der Waals surface area contributed by atoms with Gasteiger partial charge in [-0.3, -0.25) is 0 Å². The van der Waals surface area contributed by atoms with Crippen molar-refractivity contribution in [2.24, 2.45) is 5.92 Å². The third kappa shape index (κ3) is 4.19. The number of aromatic nitrogens is 1. The lowest BCUT2D eigenvalue weighted by molar-refractivity contribution is 0.483. The molecule has 0 aliphatic rings. The molecule has 3 nitrogen and oxygen atoms in total. The van der Waals surface area contributed by atoms with Gasteiger partial charge in [0.2, 0.25) is 0 Å². The molecule has 84 valence electrons. The van der Waals surface area contributed by atoms with E-state index in [1.807, 2.05) is 12.1 Å². The first-order chi connectivity index (χ1) is 7.11. The summed E-state index contributed by atoms with van der Waals surface area (Å²) >= 11 is 0. The molecule has 1 aromatic rings. The van der Waals surface area contributed by atoms with E-state index < -0.39 is 0 Å². The Morgan fingerprint density at radius 2 is 2.13 bits per heavy atom. The van der Waals surface area contributed by atoms with Crippen molar-refractivity contribution in [3.63, 3.8) is 0 Å².